The highest BCUT2D eigenvalue weighted by Gasteiger charge is 2.40. The maximum atomic E-state index is 6.42. The molecule has 10 rings (SSSR count). The van der Waals surface area contributed by atoms with Gasteiger partial charge in [0.1, 0.15) is 11.4 Å². The Balaban J connectivity index is 1.11. The van der Waals surface area contributed by atoms with Crippen LogP contribution in [0.15, 0.2) is 176 Å². The fourth-order valence-corrected chi connectivity index (χ4v) is 8.04. The number of rotatable bonds is 5. The molecule has 1 aliphatic carbocycles. The van der Waals surface area contributed by atoms with Crippen LogP contribution in [0.3, 0.4) is 0 Å². The molecule has 2 heterocycles. The Bertz CT molecular complexity index is 2650. The van der Waals surface area contributed by atoms with Gasteiger partial charge in [-0.25, -0.2) is 0 Å². The van der Waals surface area contributed by atoms with Gasteiger partial charge in [0.15, 0.2) is 0 Å². The lowest BCUT2D eigenvalue weighted by Crippen LogP contribution is -2.30. The molecular weight excluding hydrogens is 609 g/mol. The molecule has 0 radical (unpaired) electrons. The van der Waals surface area contributed by atoms with Crippen molar-refractivity contribution in [1.82, 2.24) is 4.57 Å². The molecule has 3 heteroatoms. The number of allylic oxidation sites excluding steroid dienone is 2. The summed E-state index contributed by atoms with van der Waals surface area (Å²) in [6.07, 6.45) is 5.48. The van der Waals surface area contributed by atoms with E-state index in [1.807, 2.05) is 6.07 Å². The predicted molar refractivity (Wildman–Crippen MR) is 209 cm³/mol. The zero-order valence-corrected chi connectivity index (χ0v) is 27.8. The summed E-state index contributed by atoms with van der Waals surface area (Å²) < 4.78 is 8.84. The number of nitrogens with zero attached hydrogens (tertiary/aromatic N) is 2. The van der Waals surface area contributed by atoms with Crippen molar-refractivity contribution >= 4 is 60.8 Å². The lowest BCUT2D eigenvalue weighted by Gasteiger charge is -2.29. The van der Waals surface area contributed by atoms with Gasteiger partial charge in [0.2, 0.25) is 0 Å². The van der Waals surface area contributed by atoms with E-state index in [2.05, 4.69) is 186 Å². The Morgan fingerprint density at radius 2 is 1.28 bits per heavy atom. The van der Waals surface area contributed by atoms with E-state index in [1.165, 1.54) is 54.9 Å². The second-order valence-corrected chi connectivity index (χ2v) is 13.5. The average Bonchev–Trinajstić information content (AvgIpc) is 3.68. The van der Waals surface area contributed by atoms with Gasteiger partial charge in [-0.3, -0.25) is 0 Å². The van der Waals surface area contributed by atoms with E-state index >= 15 is 0 Å². The molecule has 0 saturated carbocycles. The van der Waals surface area contributed by atoms with Crippen LogP contribution in [0.4, 0.5) is 17.1 Å². The summed E-state index contributed by atoms with van der Waals surface area (Å²) in [6, 6.07) is 58.9. The summed E-state index contributed by atoms with van der Waals surface area (Å²) in [5.41, 5.74) is 11.5. The zero-order valence-electron chi connectivity index (χ0n) is 27.8. The molecule has 0 amide bonds. The minimum atomic E-state index is -0.315. The van der Waals surface area contributed by atoms with Crippen LogP contribution in [0.5, 0.6) is 5.75 Å². The van der Waals surface area contributed by atoms with Gasteiger partial charge in [-0.15, -0.1) is 0 Å². The smallest absolute Gasteiger partial charge is 0.135 e. The summed E-state index contributed by atoms with van der Waals surface area (Å²) in [6.45, 7) is 2.20. The van der Waals surface area contributed by atoms with Crippen molar-refractivity contribution in [3.05, 3.63) is 187 Å². The number of benzene rings is 7. The first-order chi connectivity index (χ1) is 24.6. The average molecular weight is 643 g/mol. The normalized spacial score (nSPS) is 16.5. The molecule has 0 N–H and O–H groups in total. The van der Waals surface area contributed by atoms with Gasteiger partial charge in [0.05, 0.1) is 11.0 Å². The number of para-hydroxylation sites is 4. The fraction of sp³-hybridized carbons (Fsp3) is 0.0638. The monoisotopic (exact) mass is 642 g/mol. The van der Waals surface area contributed by atoms with E-state index in [9.17, 15) is 0 Å². The number of aromatic nitrogens is 1. The van der Waals surface area contributed by atoms with Crippen LogP contribution < -0.4 is 9.64 Å². The zero-order chi connectivity index (χ0) is 33.2. The first-order valence-corrected chi connectivity index (χ1v) is 17.3. The highest BCUT2D eigenvalue weighted by atomic mass is 16.5. The van der Waals surface area contributed by atoms with E-state index in [4.69, 9.17) is 4.74 Å². The first kappa shape index (κ1) is 28.7. The standard InChI is InChI=1S/C47H34N2O/c1-47-29-28-34(30-43(47)41-17-9-11-19-45(41)50-47)32-20-24-37(25-21-32)48(35-12-4-2-5-13-35)38-26-22-33-23-27-40-39-16-8-10-18-44(39)49(46(40)42(33)31-38)36-14-6-3-7-15-36/h2-28,30-31H,29H2,1H3. The maximum Gasteiger partial charge on any atom is 0.135 e. The number of hydrogen-bond donors (Lipinski definition) is 0. The van der Waals surface area contributed by atoms with Gasteiger partial charge >= 0.3 is 0 Å². The van der Waals surface area contributed by atoms with Gasteiger partial charge in [-0.1, -0.05) is 109 Å². The SMILES string of the molecule is CC12CC=C(c3ccc(N(c4ccccc4)c4ccc5ccc6c7ccccc7n(-c7ccccc7)c6c5c4)cc3)C=C1c1ccccc1O2. The van der Waals surface area contributed by atoms with Crippen LogP contribution in [-0.4, -0.2) is 10.2 Å². The molecule has 0 spiro atoms. The number of fused-ring (bicyclic) bond motifs is 8. The van der Waals surface area contributed by atoms with Crippen molar-refractivity contribution in [3.63, 3.8) is 0 Å². The van der Waals surface area contributed by atoms with Crippen molar-refractivity contribution in [2.24, 2.45) is 0 Å². The fourth-order valence-electron chi connectivity index (χ4n) is 8.04. The van der Waals surface area contributed by atoms with Crippen LogP contribution in [0.1, 0.15) is 24.5 Å². The molecular formula is C47H34N2O. The molecule has 0 fully saturated rings. The maximum absolute atomic E-state index is 6.42. The van der Waals surface area contributed by atoms with Gasteiger partial charge in [-0.2, -0.15) is 0 Å². The van der Waals surface area contributed by atoms with Crippen molar-refractivity contribution in [3.8, 4) is 11.4 Å². The molecule has 1 unspecified atom stereocenters. The van der Waals surface area contributed by atoms with Gasteiger partial charge < -0.3 is 14.2 Å². The molecule has 0 saturated heterocycles. The molecule has 1 aliphatic heterocycles. The quantitative estimate of drug-likeness (QED) is 0.186. The van der Waals surface area contributed by atoms with Crippen molar-refractivity contribution in [2.45, 2.75) is 18.9 Å². The van der Waals surface area contributed by atoms with Crippen LogP contribution in [-0.2, 0) is 0 Å². The molecule has 8 aromatic rings. The summed E-state index contributed by atoms with van der Waals surface area (Å²) in [5, 5.41) is 4.95. The van der Waals surface area contributed by atoms with Crippen LogP contribution in [0, 0.1) is 0 Å². The van der Waals surface area contributed by atoms with E-state index < -0.39 is 0 Å². The molecule has 1 atom stereocenters. The third-order valence-electron chi connectivity index (χ3n) is 10.5. The van der Waals surface area contributed by atoms with Crippen LogP contribution in [0.2, 0.25) is 0 Å². The second-order valence-electron chi connectivity index (χ2n) is 13.5. The van der Waals surface area contributed by atoms with Crippen molar-refractivity contribution in [1.29, 1.82) is 0 Å². The minimum absolute atomic E-state index is 0.315. The van der Waals surface area contributed by atoms with E-state index in [1.54, 1.807) is 0 Å². The van der Waals surface area contributed by atoms with Gasteiger partial charge in [0.25, 0.3) is 0 Å². The Hall–Kier alpha value is -6.32. The highest BCUT2D eigenvalue weighted by molar-refractivity contribution is 6.19. The molecule has 3 nitrogen and oxygen atoms in total. The largest absolute Gasteiger partial charge is 0.482 e. The van der Waals surface area contributed by atoms with E-state index in [0.29, 0.717) is 0 Å². The predicted octanol–water partition coefficient (Wildman–Crippen LogP) is 12.4. The summed E-state index contributed by atoms with van der Waals surface area (Å²) in [4.78, 5) is 2.36. The lowest BCUT2D eigenvalue weighted by molar-refractivity contribution is 0.170. The molecule has 0 bridgehead atoms. The van der Waals surface area contributed by atoms with E-state index in [-0.39, 0.29) is 5.60 Å². The molecule has 238 valence electrons. The summed E-state index contributed by atoms with van der Waals surface area (Å²) in [7, 11) is 0. The summed E-state index contributed by atoms with van der Waals surface area (Å²) in [5.74, 6) is 0.974. The van der Waals surface area contributed by atoms with Crippen molar-refractivity contribution in [2.75, 3.05) is 4.90 Å². The molecule has 50 heavy (non-hydrogen) atoms. The Morgan fingerprint density at radius 1 is 0.600 bits per heavy atom. The molecule has 2 aliphatic rings. The van der Waals surface area contributed by atoms with Crippen LogP contribution >= 0.6 is 0 Å². The number of hydrogen-bond acceptors (Lipinski definition) is 2. The second kappa shape index (κ2) is 11.1. The third kappa shape index (κ3) is 4.44. The Morgan fingerprint density at radius 3 is 2.12 bits per heavy atom. The number of anilines is 3. The minimum Gasteiger partial charge on any atom is -0.482 e. The Labute approximate surface area is 291 Å². The molecule has 1 aromatic heterocycles. The van der Waals surface area contributed by atoms with Crippen LogP contribution in [0.25, 0.3) is 49.4 Å². The molecule has 7 aromatic carbocycles. The summed E-state index contributed by atoms with van der Waals surface area (Å²) >= 11 is 0. The topological polar surface area (TPSA) is 17.4 Å². The lowest BCUT2D eigenvalue weighted by atomic mass is 9.82. The van der Waals surface area contributed by atoms with Crippen molar-refractivity contribution < 1.29 is 4.74 Å². The Kier molecular flexibility index (Phi) is 6.37. The number of ether oxygens (including phenoxy) is 1. The highest BCUT2D eigenvalue weighted by Crippen LogP contribution is 2.49. The van der Waals surface area contributed by atoms with Gasteiger partial charge in [-0.05, 0) is 90.2 Å². The third-order valence-corrected chi connectivity index (χ3v) is 10.5. The van der Waals surface area contributed by atoms with E-state index in [0.717, 1.165) is 34.9 Å². The first-order valence-electron chi connectivity index (χ1n) is 17.3. The van der Waals surface area contributed by atoms with Gasteiger partial charge in [0, 0.05) is 56.5 Å².